The van der Waals surface area contributed by atoms with E-state index in [1.165, 1.54) is 11.1 Å². The molecular formula is C22H30N2O. The number of allylic oxidation sites excluding steroid dienone is 3. The van der Waals surface area contributed by atoms with Gasteiger partial charge in [0.2, 0.25) is 5.91 Å². The average Bonchev–Trinajstić information content (AvgIpc) is 2.63. The molecule has 0 spiro atoms. The number of hydrogen-bond acceptors (Lipinski definition) is 2. The maximum absolute atomic E-state index is 12.3. The van der Waals surface area contributed by atoms with Crippen LogP contribution in [0.25, 0.3) is 0 Å². The fraction of sp³-hybridized carbons (Fsp3) is 0.409. The molecule has 1 atom stereocenters. The molecule has 1 aliphatic heterocycles. The Balaban J connectivity index is 2.24. The molecule has 1 unspecified atom stereocenters. The first kappa shape index (κ1) is 19.2. The van der Waals surface area contributed by atoms with E-state index in [1.807, 2.05) is 37.8 Å². The van der Waals surface area contributed by atoms with Crippen molar-refractivity contribution in [1.82, 2.24) is 9.80 Å². The fourth-order valence-corrected chi connectivity index (χ4v) is 3.38. The second-order valence-electron chi connectivity index (χ2n) is 6.73. The van der Waals surface area contributed by atoms with Gasteiger partial charge in [0.1, 0.15) is 0 Å². The molecule has 0 saturated carbocycles. The van der Waals surface area contributed by atoms with Crippen LogP contribution in [-0.2, 0) is 4.79 Å². The third kappa shape index (κ3) is 4.93. The zero-order valence-corrected chi connectivity index (χ0v) is 15.7. The van der Waals surface area contributed by atoms with Crippen molar-refractivity contribution in [2.24, 2.45) is 5.92 Å². The minimum absolute atomic E-state index is 0.0655. The minimum Gasteiger partial charge on any atom is -0.340 e. The molecule has 2 rings (SSSR count). The molecule has 3 nitrogen and oxygen atoms in total. The minimum atomic E-state index is 0.0655. The molecule has 1 heterocycles. The SMILES string of the molecule is C=C/C=C(\C=C/C)C(c1ccccc1)N1CCN(C(=O)C(C)C)CC1. The van der Waals surface area contributed by atoms with Crippen LogP contribution < -0.4 is 0 Å². The molecule has 1 aliphatic rings. The Kier molecular flexibility index (Phi) is 7.20. The maximum Gasteiger partial charge on any atom is 0.225 e. The molecule has 134 valence electrons. The summed E-state index contributed by atoms with van der Waals surface area (Å²) in [6.45, 7) is 13.2. The molecule has 1 amide bonds. The number of amides is 1. The van der Waals surface area contributed by atoms with Crippen LogP contribution in [0.2, 0.25) is 0 Å². The molecule has 25 heavy (non-hydrogen) atoms. The predicted molar refractivity (Wildman–Crippen MR) is 105 cm³/mol. The van der Waals surface area contributed by atoms with Gasteiger partial charge in [-0.15, -0.1) is 0 Å². The highest BCUT2D eigenvalue weighted by atomic mass is 16.2. The van der Waals surface area contributed by atoms with Crippen LogP contribution in [0.15, 0.2) is 66.8 Å². The standard InChI is InChI=1S/C22H30N2O/c1-5-10-19(11-6-2)21(20-12-8-7-9-13-20)23-14-16-24(17-15-23)22(25)18(3)4/h5-13,18,21H,1,14-17H2,2-4H3/b11-6-,19-10+. The summed E-state index contributed by atoms with van der Waals surface area (Å²) in [5.41, 5.74) is 2.50. The van der Waals surface area contributed by atoms with Crippen molar-refractivity contribution in [3.63, 3.8) is 0 Å². The highest BCUT2D eigenvalue weighted by Gasteiger charge is 2.29. The summed E-state index contributed by atoms with van der Waals surface area (Å²) >= 11 is 0. The van der Waals surface area contributed by atoms with E-state index < -0.39 is 0 Å². The topological polar surface area (TPSA) is 23.6 Å². The summed E-state index contributed by atoms with van der Waals surface area (Å²) in [7, 11) is 0. The summed E-state index contributed by atoms with van der Waals surface area (Å²) in [5, 5.41) is 0. The Morgan fingerprint density at radius 3 is 2.28 bits per heavy atom. The maximum atomic E-state index is 12.3. The van der Waals surface area contributed by atoms with Crippen LogP contribution in [0.1, 0.15) is 32.4 Å². The third-order valence-corrected chi connectivity index (χ3v) is 4.59. The summed E-state index contributed by atoms with van der Waals surface area (Å²) in [5.74, 6) is 0.321. The van der Waals surface area contributed by atoms with E-state index in [0.717, 1.165) is 26.2 Å². The van der Waals surface area contributed by atoms with Crippen molar-refractivity contribution >= 4 is 5.91 Å². The molecule has 0 bridgehead atoms. The molecule has 0 N–H and O–H groups in total. The smallest absolute Gasteiger partial charge is 0.225 e. The number of benzene rings is 1. The Hall–Kier alpha value is -2.13. The number of nitrogens with zero attached hydrogens (tertiary/aromatic N) is 2. The largest absolute Gasteiger partial charge is 0.340 e. The lowest BCUT2D eigenvalue weighted by atomic mass is 9.95. The van der Waals surface area contributed by atoms with Gasteiger partial charge in [-0.3, -0.25) is 9.69 Å². The van der Waals surface area contributed by atoms with Crippen LogP contribution in [0.3, 0.4) is 0 Å². The van der Waals surface area contributed by atoms with Crippen molar-refractivity contribution in [2.75, 3.05) is 26.2 Å². The summed E-state index contributed by atoms with van der Waals surface area (Å²) in [6.07, 6.45) is 8.17. The first-order valence-electron chi connectivity index (χ1n) is 9.11. The van der Waals surface area contributed by atoms with Gasteiger partial charge in [0.25, 0.3) is 0 Å². The monoisotopic (exact) mass is 338 g/mol. The fourth-order valence-electron chi connectivity index (χ4n) is 3.38. The lowest BCUT2D eigenvalue weighted by Crippen LogP contribution is -2.50. The predicted octanol–water partition coefficient (Wildman–Crippen LogP) is 4.22. The lowest BCUT2D eigenvalue weighted by molar-refractivity contribution is -0.136. The Bertz CT molecular complexity index is 623. The number of rotatable bonds is 6. The van der Waals surface area contributed by atoms with Gasteiger partial charge in [0.15, 0.2) is 0 Å². The van der Waals surface area contributed by atoms with Crippen molar-refractivity contribution in [3.05, 3.63) is 72.4 Å². The average molecular weight is 338 g/mol. The van der Waals surface area contributed by atoms with Gasteiger partial charge in [-0.1, -0.05) is 75.1 Å². The van der Waals surface area contributed by atoms with E-state index in [0.29, 0.717) is 0 Å². The van der Waals surface area contributed by atoms with E-state index in [4.69, 9.17) is 0 Å². The van der Waals surface area contributed by atoms with Gasteiger partial charge in [0, 0.05) is 32.1 Å². The number of piperazine rings is 1. The second-order valence-corrected chi connectivity index (χ2v) is 6.73. The van der Waals surface area contributed by atoms with Gasteiger partial charge in [0.05, 0.1) is 6.04 Å². The molecule has 0 aliphatic carbocycles. The van der Waals surface area contributed by atoms with Crippen LogP contribution in [0.4, 0.5) is 0 Å². The van der Waals surface area contributed by atoms with Gasteiger partial charge >= 0.3 is 0 Å². The van der Waals surface area contributed by atoms with Crippen LogP contribution in [0.5, 0.6) is 0 Å². The summed E-state index contributed by atoms with van der Waals surface area (Å²) in [6, 6.07) is 10.8. The van der Waals surface area contributed by atoms with E-state index in [1.54, 1.807) is 0 Å². The van der Waals surface area contributed by atoms with Gasteiger partial charge in [-0.05, 0) is 18.1 Å². The van der Waals surface area contributed by atoms with E-state index in [-0.39, 0.29) is 17.9 Å². The molecular weight excluding hydrogens is 308 g/mol. The van der Waals surface area contributed by atoms with E-state index in [9.17, 15) is 4.79 Å². The van der Waals surface area contributed by atoms with Crippen LogP contribution >= 0.6 is 0 Å². The van der Waals surface area contributed by atoms with Crippen molar-refractivity contribution in [3.8, 4) is 0 Å². The first-order valence-corrected chi connectivity index (χ1v) is 9.11. The lowest BCUT2D eigenvalue weighted by Gasteiger charge is -2.40. The van der Waals surface area contributed by atoms with Crippen molar-refractivity contribution < 1.29 is 4.79 Å². The Labute approximate surface area is 152 Å². The van der Waals surface area contributed by atoms with Crippen LogP contribution in [0, 0.1) is 5.92 Å². The highest BCUT2D eigenvalue weighted by Crippen LogP contribution is 2.30. The van der Waals surface area contributed by atoms with Crippen molar-refractivity contribution in [2.45, 2.75) is 26.8 Å². The Morgan fingerprint density at radius 2 is 1.76 bits per heavy atom. The molecule has 1 fully saturated rings. The summed E-state index contributed by atoms with van der Waals surface area (Å²) in [4.78, 5) is 16.7. The molecule has 0 radical (unpaired) electrons. The molecule has 3 heteroatoms. The molecule has 1 aromatic rings. The van der Waals surface area contributed by atoms with Crippen molar-refractivity contribution in [1.29, 1.82) is 0 Å². The number of carbonyl (C=O) groups is 1. The van der Waals surface area contributed by atoms with Crippen LogP contribution in [-0.4, -0.2) is 41.9 Å². The number of hydrogen-bond donors (Lipinski definition) is 0. The van der Waals surface area contributed by atoms with Gasteiger partial charge < -0.3 is 4.90 Å². The number of carbonyl (C=O) groups excluding carboxylic acids is 1. The normalized spacial score (nSPS) is 17.9. The zero-order valence-electron chi connectivity index (χ0n) is 15.7. The third-order valence-electron chi connectivity index (χ3n) is 4.59. The van der Waals surface area contributed by atoms with E-state index >= 15 is 0 Å². The van der Waals surface area contributed by atoms with Gasteiger partial charge in [-0.25, -0.2) is 0 Å². The summed E-state index contributed by atoms with van der Waals surface area (Å²) < 4.78 is 0. The molecule has 0 aromatic heterocycles. The first-order chi connectivity index (χ1) is 12.1. The highest BCUT2D eigenvalue weighted by molar-refractivity contribution is 5.78. The Morgan fingerprint density at radius 1 is 1.12 bits per heavy atom. The molecule has 1 saturated heterocycles. The second kappa shape index (κ2) is 9.38. The zero-order chi connectivity index (χ0) is 18.2. The molecule has 1 aromatic carbocycles. The van der Waals surface area contributed by atoms with Gasteiger partial charge in [-0.2, -0.15) is 0 Å². The van der Waals surface area contributed by atoms with E-state index in [2.05, 4.69) is 54.0 Å². The quantitative estimate of drug-likeness (QED) is 0.725.